The van der Waals surface area contributed by atoms with Gasteiger partial charge >= 0.3 is 0 Å². The number of aromatic hydroxyl groups is 1. The third-order valence-electron chi connectivity index (χ3n) is 4.14. The number of carbonyl (C=O) groups is 1. The third-order valence-corrected chi connectivity index (χ3v) is 4.63. The lowest BCUT2D eigenvalue weighted by molar-refractivity contribution is -0.111. The molecular weight excluding hydrogens is 411 g/mol. The number of benzene rings is 3. The van der Waals surface area contributed by atoms with Crippen LogP contribution in [0.1, 0.15) is 5.56 Å². The number of hydrogen-bond acceptors (Lipinski definition) is 4. The van der Waals surface area contributed by atoms with Crippen molar-refractivity contribution in [2.75, 3.05) is 5.32 Å². The lowest BCUT2D eigenvalue weighted by atomic mass is 10.1. The molecule has 4 rings (SSSR count). The number of oxazole rings is 1. The number of nitrogens with one attached hydrogen (secondary N) is 1. The highest BCUT2D eigenvalue weighted by atomic mass is 35.5. The Morgan fingerprint density at radius 1 is 1.00 bits per heavy atom. The number of halogens is 2. The summed E-state index contributed by atoms with van der Waals surface area (Å²) in [5, 5.41) is 14.2. The number of anilines is 1. The number of hydrogen-bond donors (Lipinski definition) is 2. The van der Waals surface area contributed by atoms with E-state index in [-0.39, 0.29) is 17.5 Å². The third kappa shape index (κ3) is 4.42. The number of carbonyl (C=O) groups excluding carboxylic acids is 1. The van der Waals surface area contributed by atoms with Crippen LogP contribution in [0.3, 0.4) is 0 Å². The minimum atomic E-state index is -0.330. The molecule has 1 aromatic heterocycles. The van der Waals surface area contributed by atoms with Crippen molar-refractivity contribution >= 4 is 52.0 Å². The molecule has 1 heterocycles. The number of amides is 1. The average Bonchev–Trinajstić information content (AvgIpc) is 3.10. The van der Waals surface area contributed by atoms with Crippen molar-refractivity contribution in [2.24, 2.45) is 0 Å². The zero-order chi connectivity index (χ0) is 20.4. The molecule has 29 heavy (non-hydrogen) atoms. The molecule has 144 valence electrons. The Morgan fingerprint density at radius 2 is 1.76 bits per heavy atom. The second kappa shape index (κ2) is 7.99. The maximum atomic E-state index is 12.1. The summed E-state index contributed by atoms with van der Waals surface area (Å²) in [6.45, 7) is 0. The summed E-state index contributed by atoms with van der Waals surface area (Å²) in [7, 11) is 0. The van der Waals surface area contributed by atoms with Crippen molar-refractivity contribution in [1.82, 2.24) is 4.98 Å². The summed E-state index contributed by atoms with van der Waals surface area (Å²) in [5.41, 5.74) is 2.85. The van der Waals surface area contributed by atoms with Gasteiger partial charge in [-0.25, -0.2) is 4.98 Å². The predicted octanol–water partition coefficient (Wildman–Crippen LogP) is 6.16. The molecule has 0 saturated heterocycles. The van der Waals surface area contributed by atoms with Gasteiger partial charge in [0.15, 0.2) is 5.58 Å². The van der Waals surface area contributed by atoms with E-state index in [1.165, 1.54) is 12.1 Å². The first-order valence-corrected chi connectivity index (χ1v) is 9.38. The van der Waals surface area contributed by atoms with E-state index in [4.69, 9.17) is 27.6 Å². The smallest absolute Gasteiger partial charge is 0.248 e. The lowest BCUT2D eigenvalue weighted by Crippen LogP contribution is -2.07. The van der Waals surface area contributed by atoms with Gasteiger partial charge in [0.25, 0.3) is 0 Å². The fourth-order valence-electron chi connectivity index (χ4n) is 2.74. The molecule has 0 radical (unpaired) electrons. The summed E-state index contributed by atoms with van der Waals surface area (Å²) in [6.07, 6.45) is 3.07. The van der Waals surface area contributed by atoms with Crippen LogP contribution in [-0.4, -0.2) is 16.0 Å². The lowest BCUT2D eigenvalue weighted by Gasteiger charge is -2.05. The van der Waals surface area contributed by atoms with Gasteiger partial charge in [0.1, 0.15) is 11.3 Å². The SMILES string of the molecule is O=C(C=Cc1ccc(Cl)cc1)Nc1ccc(-c2nc3cc(Cl)ccc3o2)c(O)c1. The Balaban J connectivity index is 1.50. The van der Waals surface area contributed by atoms with E-state index >= 15 is 0 Å². The van der Waals surface area contributed by atoms with Crippen LogP contribution in [0.2, 0.25) is 10.0 Å². The van der Waals surface area contributed by atoms with E-state index in [9.17, 15) is 9.90 Å². The van der Waals surface area contributed by atoms with Gasteiger partial charge in [-0.1, -0.05) is 35.3 Å². The van der Waals surface area contributed by atoms with Crippen LogP contribution in [0.15, 0.2) is 71.2 Å². The normalized spacial score (nSPS) is 11.2. The van der Waals surface area contributed by atoms with E-state index in [0.717, 1.165) is 5.56 Å². The van der Waals surface area contributed by atoms with Crippen molar-refractivity contribution in [3.8, 4) is 17.2 Å². The standard InChI is InChI=1S/C22H14Cl2N2O3/c23-14-4-1-13(2-5-14)3-10-21(28)25-16-7-8-17(19(27)12-16)22-26-18-11-15(24)6-9-20(18)29-22/h1-12,27H,(H,25,28). The van der Waals surface area contributed by atoms with Gasteiger partial charge in [-0.15, -0.1) is 0 Å². The minimum absolute atomic E-state index is 0.0675. The van der Waals surface area contributed by atoms with Gasteiger partial charge in [0.05, 0.1) is 5.56 Å². The Hall–Kier alpha value is -3.28. The molecule has 0 unspecified atom stereocenters. The molecule has 0 bridgehead atoms. The van der Waals surface area contributed by atoms with Crippen LogP contribution < -0.4 is 5.32 Å². The molecule has 0 atom stereocenters. The maximum absolute atomic E-state index is 12.1. The molecule has 0 aliphatic heterocycles. The van der Waals surface area contributed by atoms with Gasteiger partial charge in [0.2, 0.25) is 11.8 Å². The molecule has 2 N–H and O–H groups in total. The molecular formula is C22H14Cl2N2O3. The Labute approximate surface area is 176 Å². The van der Waals surface area contributed by atoms with Gasteiger partial charge in [-0.05, 0) is 54.1 Å². The fraction of sp³-hybridized carbons (Fsp3) is 0. The molecule has 0 aliphatic carbocycles. The van der Waals surface area contributed by atoms with E-state index in [0.29, 0.717) is 32.4 Å². The van der Waals surface area contributed by atoms with Crippen molar-refractivity contribution in [1.29, 1.82) is 0 Å². The molecule has 7 heteroatoms. The number of phenols is 1. The summed E-state index contributed by atoms with van der Waals surface area (Å²) in [6, 6.07) is 16.9. The number of rotatable bonds is 4. The summed E-state index contributed by atoms with van der Waals surface area (Å²) in [5.74, 6) is -0.133. The zero-order valence-corrected chi connectivity index (χ0v) is 16.4. The number of aromatic nitrogens is 1. The molecule has 5 nitrogen and oxygen atoms in total. The van der Waals surface area contributed by atoms with Crippen molar-refractivity contribution in [3.63, 3.8) is 0 Å². The van der Waals surface area contributed by atoms with Crippen LogP contribution in [0, 0.1) is 0 Å². The second-order valence-electron chi connectivity index (χ2n) is 6.24. The summed E-state index contributed by atoms with van der Waals surface area (Å²) in [4.78, 5) is 16.5. The monoisotopic (exact) mass is 424 g/mol. The average molecular weight is 425 g/mol. The van der Waals surface area contributed by atoms with Gasteiger partial charge < -0.3 is 14.8 Å². The first-order chi connectivity index (χ1) is 14.0. The van der Waals surface area contributed by atoms with Gasteiger partial charge in [-0.2, -0.15) is 0 Å². The molecule has 4 aromatic rings. The highest BCUT2D eigenvalue weighted by Gasteiger charge is 2.13. The maximum Gasteiger partial charge on any atom is 0.248 e. The minimum Gasteiger partial charge on any atom is -0.507 e. The first kappa shape index (κ1) is 19.1. The molecule has 3 aromatic carbocycles. The number of fused-ring (bicyclic) bond motifs is 1. The molecule has 0 fully saturated rings. The number of phenolic OH excluding ortho intramolecular Hbond substituents is 1. The quantitative estimate of drug-likeness (QED) is 0.384. The van der Waals surface area contributed by atoms with E-state index in [1.54, 1.807) is 60.7 Å². The highest BCUT2D eigenvalue weighted by molar-refractivity contribution is 6.31. The zero-order valence-electron chi connectivity index (χ0n) is 14.9. The first-order valence-electron chi connectivity index (χ1n) is 8.62. The van der Waals surface area contributed by atoms with Crippen LogP contribution in [0.25, 0.3) is 28.6 Å². The van der Waals surface area contributed by atoms with Gasteiger partial charge in [-0.3, -0.25) is 4.79 Å². The summed E-state index contributed by atoms with van der Waals surface area (Å²) >= 11 is 11.8. The van der Waals surface area contributed by atoms with Crippen LogP contribution in [-0.2, 0) is 4.79 Å². The summed E-state index contributed by atoms with van der Waals surface area (Å²) < 4.78 is 5.67. The molecule has 0 aliphatic rings. The van der Waals surface area contributed by atoms with Gasteiger partial charge in [0, 0.05) is 27.9 Å². The van der Waals surface area contributed by atoms with Crippen molar-refractivity contribution in [3.05, 3.63) is 82.3 Å². The number of nitrogens with zero attached hydrogens (tertiary/aromatic N) is 1. The van der Waals surface area contributed by atoms with Crippen LogP contribution in [0.5, 0.6) is 5.75 Å². The Kier molecular flexibility index (Phi) is 5.25. The highest BCUT2D eigenvalue weighted by Crippen LogP contribution is 2.33. The topological polar surface area (TPSA) is 75.4 Å². The van der Waals surface area contributed by atoms with E-state index in [2.05, 4.69) is 10.3 Å². The second-order valence-corrected chi connectivity index (χ2v) is 7.11. The predicted molar refractivity (Wildman–Crippen MR) is 115 cm³/mol. The van der Waals surface area contributed by atoms with Crippen LogP contribution >= 0.6 is 23.2 Å². The molecule has 0 saturated carbocycles. The molecule has 1 amide bonds. The molecule has 0 spiro atoms. The fourth-order valence-corrected chi connectivity index (χ4v) is 3.03. The Morgan fingerprint density at radius 3 is 2.52 bits per heavy atom. The van der Waals surface area contributed by atoms with Crippen molar-refractivity contribution < 1.29 is 14.3 Å². The largest absolute Gasteiger partial charge is 0.507 e. The van der Waals surface area contributed by atoms with E-state index < -0.39 is 0 Å². The van der Waals surface area contributed by atoms with E-state index in [1.807, 2.05) is 0 Å². The van der Waals surface area contributed by atoms with Crippen LogP contribution in [0.4, 0.5) is 5.69 Å². The Bertz CT molecular complexity index is 1230. The van der Waals surface area contributed by atoms with Crippen molar-refractivity contribution in [2.45, 2.75) is 0 Å².